The van der Waals surface area contributed by atoms with E-state index in [9.17, 15) is 18.0 Å². The van der Waals surface area contributed by atoms with E-state index in [2.05, 4.69) is 10.1 Å². The van der Waals surface area contributed by atoms with Gasteiger partial charge in [0, 0.05) is 29.3 Å². The van der Waals surface area contributed by atoms with Gasteiger partial charge in [0.25, 0.3) is 0 Å². The Kier molecular flexibility index (Phi) is 5.68. The summed E-state index contributed by atoms with van der Waals surface area (Å²) in [6.45, 7) is 3.25. The molecule has 7 heteroatoms. The summed E-state index contributed by atoms with van der Waals surface area (Å²) in [5.74, 6) is -1.04. The molecule has 1 N–H and O–H groups in total. The molecule has 2 aromatic carbocycles. The zero-order chi connectivity index (χ0) is 21.2. The molecular formula is C22H21F3N2O2. The Labute approximate surface area is 166 Å². The highest BCUT2D eigenvalue weighted by Crippen LogP contribution is 2.33. The first-order valence-electron chi connectivity index (χ1n) is 9.09. The number of nitrogens with one attached hydrogen (secondary N) is 1. The third kappa shape index (κ3) is 4.45. The number of alkyl halides is 3. The molecule has 152 valence electrons. The van der Waals surface area contributed by atoms with Crippen LogP contribution in [0.3, 0.4) is 0 Å². The van der Waals surface area contributed by atoms with E-state index in [0.717, 1.165) is 22.2 Å². The molecule has 29 heavy (non-hydrogen) atoms. The molecule has 0 aliphatic rings. The van der Waals surface area contributed by atoms with E-state index in [1.165, 1.54) is 6.92 Å². The van der Waals surface area contributed by atoms with Crippen LogP contribution in [0, 0.1) is 6.92 Å². The highest BCUT2D eigenvalue weighted by Gasteiger charge is 2.35. The summed E-state index contributed by atoms with van der Waals surface area (Å²) in [5, 5.41) is 3.15. The van der Waals surface area contributed by atoms with Gasteiger partial charge in [0.2, 0.25) is 0 Å². The summed E-state index contributed by atoms with van der Waals surface area (Å²) in [5.41, 5.74) is 2.59. The first-order chi connectivity index (χ1) is 13.7. The Morgan fingerprint density at radius 1 is 1.17 bits per heavy atom. The molecule has 0 bridgehead atoms. The fourth-order valence-electron chi connectivity index (χ4n) is 3.15. The summed E-state index contributed by atoms with van der Waals surface area (Å²) in [6, 6.07) is 15.1. The smallest absolute Gasteiger partial charge is 0.431 e. The van der Waals surface area contributed by atoms with Gasteiger partial charge in [0.15, 0.2) is 0 Å². The summed E-state index contributed by atoms with van der Waals surface area (Å²) in [6.07, 6.45) is -4.28. The van der Waals surface area contributed by atoms with Crippen molar-refractivity contribution in [2.75, 3.05) is 11.9 Å². The van der Waals surface area contributed by atoms with Crippen molar-refractivity contribution in [2.24, 2.45) is 7.05 Å². The maximum atomic E-state index is 13.4. The topological polar surface area (TPSA) is 43.3 Å². The number of carbonyl (C=O) groups is 1. The largest absolute Gasteiger partial charge is 0.463 e. The lowest BCUT2D eigenvalue weighted by Gasteiger charge is -2.16. The number of halogens is 3. The number of aryl methyl sites for hydroxylation is 2. The molecule has 0 saturated carbocycles. The summed E-state index contributed by atoms with van der Waals surface area (Å²) >= 11 is 0. The fourth-order valence-corrected chi connectivity index (χ4v) is 3.15. The van der Waals surface area contributed by atoms with Crippen LogP contribution >= 0.6 is 0 Å². The molecule has 3 rings (SSSR count). The Morgan fingerprint density at radius 2 is 1.86 bits per heavy atom. The van der Waals surface area contributed by atoms with Gasteiger partial charge in [0.1, 0.15) is 5.70 Å². The SMILES string of the molecule is CCOC(=O)C=C(Nc1cc2cc(-c3ccccc3)n(C)c2cc1C)C(F)(F)F. The monoisotopic (exact) mass is 402 g/mol. The lowest BCUT2D eigenvalue weighted by atomic mass is 10.1. The number of hydrogen-bond acceptors (Lipinski definition) is 3. The number of fused-ring (bicyclic) bond motifs is 1. The van der Waals surface area contributed by atoms with Crippen molar-refractivity contribution in [3.05, 3.63) is 65.9 Å². The van der Waals surface area contributed by atoms with E-state index in [-0.39, 0.29) is 12.3 Å². The first-order valence-corrected chi connectivity index (χ1v) is 9.09. The first kappa shape index (κ1) is 20.5. The number of aromatic nitrogens is 1. The van der Waals surface area contributed by atoms with Crippen molar-refractivity contribution in [1.29, 1.82) is 0 Å². The Morgan fingerprint density at radius 3 is 2.48 bits per heavy atom. The number of ether oxygens (including phenoxy) is 1. The molecule has 0 aliphatic carbocycles. The molecule has 1 aromatic heterocycles. The lowest BCUT2D eigenvalue weighted by Crippen LogP contribution is -2.21. The van der Waals surface area contributed by atoms with E-state index < -0.39 is 17.8 Å². The maximum absolute atomic E-state index is 13.4. The standard InChI is InChI=1S/C22H21F3N2O2/c1-4-29-21(28)13-20(22(23,24)25)26-17-11-16-12-19(15-8-6-5-7-9-15)27(3)18(16)10-14(17)2/h5-13,26H,4H2,1-3H3. The molecule has 4 nitrogen and oxygen atoms in total. The molecule has 3 aromatic rings. The molecule has 0 aliphatic heterocycles. The van der Waals surface area contributed by atoms with Crippen LogP contribution in [0.2, 0.25) is 0 Å². The van der Waals surface area contributed by atoms with Crippen molar-refractivity contribution in [2.45, 2.75) is 20.0 Å². The van der Waals surface area contributed by atoms with Crippen LogP contribution < -0.4 is 5.32 Å². The van der Waals surface area contributed by atoms with E-state index in [0.29, 0.717) is 11.6 Å². The number of allylic oxidation sites excluding steroid dienone is 1. The van der Waals surface area contributed by atoms with E-state index in [4.69, 9.17) is 0 Å². The van der Waals surface area contributed by atoms with Crippen LogP contribution in [0.15, 0.2) is 60.3 Å². The van der Waals surface area contributed by atoms with Crippen molar-refractivity contribution in [3.63, 3.8) is 0 Å². The minimum absolute atomic E-state index is 0.00225. The van der Waals surface area contributed by atoms with Gasteiger partial charge in [-0.2, -0.15) is 13.2 Å². The summed E-state index contributed by atoms with van der Waals surface area (Å²) < 4.78 is 46.8. The van der Waals surface area contributed by atoms with Crippen molar-refractivity contribution in [3.8, 4) is 11.3 Å². The maximum Gasteiger partial charge on any atom is 0.431 e. The Bertz CT molecular complexity index is 1070. The van der Waals surface area contributed by atoms with Crippen LogP contribution in [0.25, 0.3) is 22.2 Å². The van der Waals surface area contributed by atoms with Crippen molar-refractivity contribution < 1.29 is 22.7 Å². The van der Waals surface area contributed by atoms with E-state index >= 15 is 0 Å². The molecule has 1 heterocycles. The predicted octanol–water partition coefficient (Wildman–Crippen LogP) is 5.57. The van der Waals surface area contributed by atoms with Crippen LogP contribution in [0.4, 0.5) is 18.9 Å². The highest BCUT2D eigenvalue weighted by atomic mass is 19.4. The minimum Gasteiger partial charge on any atom is -0.463 e. The molecule has 0 amide bonds. The predicted molar refractivity (Wildman–Crippen MR) is 107 cm³/mol. The van der Waals surface area contributed by atoms with E-state index in [1.807, 2.05) is 54.1 Å². The quantitative estimate of drug-likeness (QED) is 0.448. The fraction of sp³-hybridized carbons (Fsp3) is 0.227. The van der Waals surface area contributed by atoms with Crippen LogP contribution in [-0.4, -0.2) is 23.3 Å². The number of hydrogen-bond donors (Lipinski definition) is 1. The molecule has 0 fully saturated rings. The number of anilines is 1. The molecular weight excluding hydrogens is 381 g/mol. The van der Waals surface area contributed by atoms with E-state index in [1.54, 1.807) is 13.0 Å². The second kappa shape index (κ2) is 8.03. The normalized spacial score (nSPS) is 12.3. The molecule has 0 atom stereocenters. The Hall–Kier alpha value is -3.22. The van der Waals surface area contributed by atoms with Gasteiger partial charge in [-0.05, 0) is 43.2 Å². The lowest BCUT2D eigenvalue weighted by molar-refractivity contribution is -0.138. The molecule has 0 saturated heterocycles. The number of rotatable bonds is 5. The molecule has 0 spiro atoms. The van der Waals surface area contributed by atoms with Crippen LogP contribution in [0.5, 0.6) is 0 Å². The van der Waals surface area contributed by atoms with Crippen molar-refractivity contribution in [1.82, 2.24) is 4.57 Å². The number of benzene rings is 2. The van der Waals surface area contributed by atoms with Gasteiger partial charge >= 0.3 is 12.1 Å². The highest BCUT2D eigenvalue weighted by molar-refractivity contribution is 5.91. The molecule has 0 radical (unpaired) electrons. The molecule has 0 unspecified atom stereocenters. The third-order valence-electron chi connectivity index (χ3n) is 4.58. The van der Waals surface area contributed by atoms with Gasteiger partial charge in [-0.25, -0.2) is 4.79 Å². The third-order valence-corrected chi connectivity index (χ3v) is 4.58. The second-order valence-corrected chi connectivity index (χ2v) is 6.61. The number of esters is 1. The zero-order valence-electron chi connectivity index (χ0n) is 16.3. The number of carbonyl (C=O) groups excluding carboxylic acids is 1. The number of nitrogens with zero attached hydrogens (tertiary/aromatic N) is 1. The van der Waals surface area contributed by atoms with Gasteiger partial charge in [-0.3, -0.25) is 0 Å². The average molecular weight is 402 g/mol. The van der Waals surface area contributed by atoms with Gasteiger partial charge < -0.3 is 14.6 Å². The van der Waals surface area contributed by atoms with Crippen LogP contribution in [0.1, 0.15) is 12.5 Å². The van der Waals surface area contributed by atoms with Gasteiger partial charge in [-0.1, -0.05) is 30.3 Å². The minimum atomic E-state index is -4.72. The van der Waals surface area contributed by atoms with Gasteiger partial charge in [-0.15, -0.1) is 0 Å². The van der Waals surface area contributed by atoms with Crippen molar-refractivity contribution >= 4 is 22.6 Å². The Balaban J connectivity index is 2.03. The summed E-state index contributed by atoms with van der Waals surface area (Å²) in [7, 11) is 1.92. The van der Waals surface area contributed by atoms with Gasteiger partial charge in [0.05, 0.1) is 12.7 Å². The average Bonchev–Trinajstić information content (AvgIpc) is 2.97. The summed E-state index contributed by atoms with van der Waals surface area (Å²) in [4.78, 5) is 11.6. The second-order valence-electron chi connectivity index (χ2n) is 6.61. The zero-order valence-corrected chi connectivity index (χ0v) is 16.3. The van der Waals surface area contributed by atoms with Crippen LogP contribution in [-0.2, 0) is 16.6 Å².